The lowest BCUT2D eigenvalue weighted by molar-refractivity contribution is 0.152. The predicted molar refractivity (Wildman–Crippen MR) is 99.3 cm³/mol. The van der Waals surface area contributed by atoms with Crippen molar-refractivity contribution in [3.63, 3.8) is 0 Å². The smallest absolute Gasteiger partial charge is 0.204 e. The Morgan fingerprint density at radius 3 is 2.58 bits per heavy atom. The molecule has 24 heavy (non-hydrogen) atoms. The Balaban J connectivity index is 1.68. The van der Waals surface area contributed by atoms with E-state index in [1.165, 1.54) is 42.3 Å². The highest BCUT2D eigenvalue weighted by molar-refractivity contribution is 5.85. The number of aromatic nitrogens is 2. The molecule has 122 valence electrons. The summed E-state index contributed by atoms with van der Waals surface area (Å²) in [7, 11) is 0. The van der Waals surface area contributed by atoms with Gasteiger partial charge in [0.25, 0.3) is 0 Å². The predicted octanol–water partition coefficient (Wildman–Crippen LogP) is 5.18. The van der Waals surface area contributed by atoms with Gasteiger partial charge in [-0.3, -0.25) is 0 Å². The van der Waals surface area contributed by atoms with E-state index in [2.05, 4.69) is 72.3 Å². The van der Waals surface area contributed by atoms with Crippen molar-refractivity contribution in [2.75, 3.05) is 5.32 Å². The largest absolute Gasteiger partial charge is 0.348 e. The molecule has 1 saturated carbocycles. The summed E-state index contributed by atoms with van der Waals surface area (Å²) in [5.41, 5.74) is 5.06. The lowest BCUT2D eigenvalue weighted by atomic mass is 9.69. The molecule has 3 heteroatoms. The molecule has 2 heterocycles. The Morgan fingerprint density at radius 1 is 0.958 bits per heavy atom. The molecule has 5 rings (SSSR count). The molecule has 2 atom stereocenters. The number of rotatable bonds is 1. The van der Waals surface area contributed by atoms with Crippen molar-refractivity contribution >= 4 is 17.0 Å². The molecule has 3 aromatic rings. The van der Waals surface area contributed by atoms with Crippen LogP contribution in [0.4, 0.5) is 5.95 Å². The Bertz CT molecular complexity index is 927. The Labute approximate surface area is 142 Å². The van der Waals surface area contributed by atoms with Gasteiger partial charge in [0.05, 0.1) is 22.1 Å². The van der Waals surface area contributed by atoms with E-state index in [-0.39, 0.29) is 11.1 Å². The average Bonchev–Trinajstić information content (AvgIpc) is 3.06. The molecule has 1 aliphatic heterocycles. The van der Waals surface area contributed by atoms with Crippen LogP contribution in [0.2, 0.25) is 0 Å². The maximum absolute atomic E-state index is 4.95. The summed E-state index contributed by atoms with van der Waals surface area (Å²) in [5.74, 6) is 1.04. The highest BCUT2D eigenvalue weighted by Crippen LogP contribution is 2.51. The van der Waals surface area contributed by atoms with Crippen LogP contribution < -0.4 is 5.32 Å². The van der Waals surface area contributed by atoms with Crippen LogP contribution in [0.25, 0.3) is 22.2 Å². The maximum Gasteiger partial charge on any atom is 0.204 e. The molecular formula is C21H23N3. The molecule has 0 amide bonds. The normalized spacial score (nSPS) is 28.4. The van der Waals surface area contributed by atoms with Crippen LogP contribution in [0.5, 0.6) is 0 Å². The van der Waals surface area contributed by atoms with Crippen molar-refractivity contribution in [1.29, 1.82) is 0 Å². The van der Waals surface area contributed by atoms with Gasteiger partial charge in [-0.2, -0.15) is 0 Å². The molecule has 3 nitrogen and oxygen atoms in total. The van der Waals surface area contributed by atoms with Gasteiger partial charge in [-0.25, -0.2) is 4.98 Å². The molecule has 0 bridgehead atoms. The van der Waals surface area contributed by atoms with Gasteiger partial charge in [0.15, 0.2) is 0 Å². The van der Waals surface area contributed by atoms with Gasteiger partial charge in [0.1, 0.15) is 0 Å². The van der Waals surface area contributed by atoms with Gasteiger partial charge in [0, 0.05) is 0 Å². The van der Waals surface area contributed by atoms with Gasteiger partial charge in [-0.15, -0.1) is 0 Å². The van der Waals surface area contributed by atoms with E-state index >= 15 is 0 Å². The first-order chi connectivity index (χ1) is 11.6. The molecule has 1 fully saturated rings. The van der Waals surface area contributed by atoms with Gasteiger partial charge in [0.2, 0.25) is 5.95 Å². The zero-order valence-corrected chi connectivity index (χ0v) is 14.3. The van der Waals surface area contributed by atoms with Crippen molar-refractivity contribution in [3.8, 4) is 11.1 Å². The van der Waals surface area contributed by atoms with Crippen molar-refractivity contribution in [2.45, 2.75) is 50.6 Å². The number of benzene rings is 2. The van der Waals surface area contributed by atoms with Crippen LogP contribution in [0, 0.1) is 0 Å². The number of anilines is 1. The quantitative estimate of drug-likeness (QED) is 0.670. The standard InChI is InChI=1S/C21H23N3/c1-20-12-6-7-13-21(20,2)24-18-11-10-16(15-8-4-3-5-9-15)14-17(18)22-19(24)23-20/h3-5,8-11,14H,6-7,12-13H2,1-2H3,(H,22,23)/t20-,21-/m0/s1. The SMILES string of the molecule is C[C@]12CCCC[C@]1(C)n1c(nc3cc(-c4ccccc4)ccc31)N2. The minimum absolute atomic E-state index is 0.115. The maximum atomic E-state index is 4.95. The average molecular weight is 317 g/mol. The van der Waals surface area contributed by atoms with Crippen LogP contribution in [0.3, 0.4) is 0 Å². The third-order valence-corrected chi connectivity index (χ3v) is 6.42. The second-order valence-electron chi connectivity index (χ2n) is 7.78. The van der Waals surface area contributed by atoms with Crippen LogP contribution in [0.1, 0.15) is 39.5 Å². The number of nitrogens with zero attached hydrogens (tertiary/aromatic N) is 2. The summed E-state index contributed by atoms with van der Waals surface area (Å²) in [5, 5.41) is 3.75. The topological polar surface area (TPSA) is 29.9 Å². The molecule has 0 unspecified atom stereocenters. The third-order valence-electron chi connectivity index (χ3n) is 6.42. The number of hydrogen-bond acceptors (Lipinski definition) is 2. The van der Waals surface area contributed by atoms with E-state index in [1.807, 2.05) is 0 Å². The first-order valence-electron chi connectivity index (χ1n) is 8.97. The molecule has 1 N–H and O–H groups in total. The minimum Gasteiger partial charge on any atom is -0.348 e. The minimum atomic E-state index is 0.115. The summed E-state index contributed by atoms with van der Waals surface area (Å²) in [6.45, 7) is 4.77. The zero-order chi connectivity index (χ0) is 16.4. The van der Waals surface area contributed by atoms with E-state index in [0.717, 1.165) is 11.5 Å². The molecule has 2 aromatic carbocycles. The fourth-order valence-corrected chi connectivity index (χ4v) is 4.77. The van der Waals surface area contributed by atoms with E-state index in [9.17, 15) is 0 Å². The monoisotopic (exact) mass is 317 g/mol. The second-order valence-corrected chi connectivity index (χ2v) is 7.78. The van der Waals surface area contributed by atoms with E-state index in [1.54, 1.807) is 0 Å². The molecule has 0 spiro atoms. The number of imidazole rings is 1. The summed E-state index contributed by atoms with van der Waals surface area (Å²) < 4.78 is 2.47. The van der Waals surface area contributed by atoms with Crippen LogP contribution in [0.15, 0.2) is 48.5 Å². The summed E-state index contributed by atoms with van der Waals surface area (Å²) in [6.07, 6.45) is 5.04. The van der Waals surface area contributed by atoms with Crippen molar-refractivity contribution < 1.29 is 0 Å². The number of nitrogens with one attached hydrogen (secondary N) is 1. The van der Waals surface area contributed by atoms with Gasteiger partial charge in [-0.1, -0.05) is 49.2 Å². The molecular weight excluding hydrogens is 294 g/mol. The fourth-order valence-electron chi connectivity index (χ4n) is 4.77. The zero-order valence-electron chi connectivity index (χ0n) is 14.3. The van der Waals surface area contributed by atoms with Crippen LogP contribution >= 0.6 is 0 Å². The van der Waals surface area contributed by atoms with E-state index < -0.39 is 0 Å². The van der Waals surface area contributed by atoms with E-state index in [0.29, 0.717) is 0 Å². The Morgan fingerprint density at radius 2 is 1.75 bits per heavy atom. The molecule has 0 saturated heterocycles. The lowest BCUT2D eigenvalue weighted by Crippen LogP contribution is -2.52. The summed E-state index contributed by atoms with van der Waals surface area (Å²) >= 11 is 0. The van der Waals surface area contributed by atoms with Gasteiger partial charge in [-0.05, 0) is 49.9 Å². The highest BCUT2D eigenvalue weighted by Gasteiger charge is 2.54. The van der Waals surface area contributed by atoms with Gasteiger partial charge >= 0.3 is 0 Å². The first kappa shape index (κ1) is 14.1. The Hall–Kier alpha value is -2.29. The summed E-state index contributed by atoms with van der Waals surface area (Å²) in [6, 6.07) is 17.2. The Kier molecular flexibility index (Phi) is 2.71. The second kappa shape index (κ2) is 4.62. The highest BCUT2D eigenvalue weighted by atomic mass is 15.4. The van der Waals surface area contributed by atoms with Crippen molar-refractivity contribution in [1.82, 2.24) is 9.55 Å². The molecule has 1 aromatic heterocycles. The van der Waals surface area contributed by atoms with Crippen molar-refractivity contribution in [2.24, 2.45) is 0 Å². The summed E-state index contributed by atoms with van der Waals surface area (Å²) in [4.78, 5) is 4.95. The molecule has 2 aliphatic rings. The third kappa shape index (κ3) is 1.70. The van der Waals surface area contributed by atoms with Gasteiger partial charge < -0.3 is 9.88 Å². The van der Waals surface area contributed by atoms with Crippen molar-refractivity contribution in [3.05, 3.63) is 48.5 Å². The fraction of sp³-hybridized carbons (Fsp3) is 0.381. The van der Waals surface area contributed by atoms with E-state index in [4.69, 9.17) is 4.98 Å². The first-order valence-corrected chi connectivity index (χ1v) is 8.97. The molecule has 1 aliphatic carbocycles. The van der Waals surface area contributed by atoms with Crippen LogP contribution in [-0.4, -0.2) is 15.1 Å². The molecule has 0 radical (unpaired) electrons. The number of fused-ring (bicyclic) bond motifs is 5. The lowest BCUT2D eigenvalue weighted by Gasteiger charge is -2.45. The van der Waals surface area contributed by atoms with Crippen LogP contribution in [-0.2, 0) is 5.54 Å². The number of hydrogen-bond donors (Lipinski definition) is 1.